The molecule has 0 saturated heterocycles. The van der Waals surface area contributed by atoms with E-state index in [-0.39, 0.29) is 5.69 Å². The molecule has 0 aliphatic carbocycles. The number of nitrogens with zero attached hydrogens (tertiary/aromatic N) is 4. The van der Waals surface area contributed by atoms with Crippen LogP contribution in [0.15, 0.2) is 48.5 Å². The van der Waals surface area contributed by atoms with Gasteiger partial charge in [-0.1, -0.05) is 35.6 Å². The van der Waals surface area contributed by atoms with Crippen LogP contribution in [0.2, 0.25) is 0 Å². The van der Waals surface area contributed by atoms with E-state index < -0.39 is 5.97 Å². The Morgan fingerprint density at radius 1 is 0.848 bits per heavy atom. The minimum absolute atomic E-state index is 0.136. The second-order valence-electron chi connectivity index (χ2n) is 7.30. The first-order chi connectivity index (χ1) is 16.0. The molecule has 0 amide bonds. The van der Waals surface area contributed by atoms with Crippen molar-refractivity contribution in [2.24, 2.45) is 0 Å². The first kappa shape index (κ1) is 22.5. The van der Waals surface area contributed by atoms with Crippen LogP contribution in [0.3, 0.4) is 0 Å². The molecule has 0 spiro atoms. The molecule has 0 aliphatic rings. The predicted octanol–water partition coefficient (Wildman–Crippen LogP) is 4.41. The zero-order valence-corrected chi connectivity index (χ0v) is 19.7. The lowest BCUT2D eigenvalue weighted by molar-refractivity contribution is 0.0594. The molecule has 33 heavy (non-hydrogen) atoms. The molecule has 4 rings (SSSR count). The van der Waals surface area contributed by atoms with Crippen molar-refractivity contribution in [2.75, 3.05) is 26.2 Å². The average Bonchev–Trinajstić information content (AvgIpc) is 3.22. The molecule has 0 saturated carbocycles. The van der Waals surface area contributed by atoms with Crippen LogP contribution in [0.5, 0.6) is 11.5 Å². The molecule has 0 fully saturated rings. The van der Waals surface area contributed by atoms with Crippen LogP contribution in [0.1, 0.15) is 26.6 Å². The van der Waals surface area contributed by atoms with Crippen LogP contribution in [-0.4, -0.2) is 42.3 Å². The van der Waals surface area contributed by atoms with E-state index in [1.54, 1.807) is 14.2 Å². The molecule has 2 heterocycles. The number of benzene rings is 2. The molecule has 0 N–H and O–H groups in total. The molecule has 0 unspecified atom stereocenters. The molecule has 4 aromatic rings. The number of hydrogen-bond donors (Lipinski definition) is 0. The fraction of sp³-hybridized carbons (Fsp3) is 0.250. The highest BCUT2D eigenvalue weighted by atomic mass is 32.1. The Morgan fingerprint density at radius 2 is 1.39 bits per heavy atom. The van der Waals surface area contributed by atoms with E-state index >= 15 is 0 Å². The molecule has 9 heteroatoms. The highest BCUT2D eigenvalue weighted by molar-refractivity contribution is 7.18. The Kier molecular flexibility index (Phi) is 6.69. The smallest absolute Gasteiger partial charge is 0.360 e. The minimum Gasteiger partial charge on any atom is -0.497 e. The van der Waals surface area contributed by atoms with Gasteiger partial charge in [-0.05, 0) is 42.3 Å². The maximum absolute atomic E-state index is 12.7. The van der Waals surface area contributed by atoms with Gasteiger partial charge in [-0.15, -0.1) is 0 Å². The Bertz CT molecular complexity index is 1210. The van der Waals surface area contributed by atoms with Crippen molar-refractivity contribution < 1.29 is 19.0 Å². The molecule has 0 radical (unpaired) electrons. The summed E-state index contributed by atoms with van der Waals surface area (Å²) in [6.45, 7) is 2.88. The summed E-state index contributed by atoms with van der Waals surface area (Å²) in [5, 5.41) is 0.829. The fourth-order valence-corrected chi connectivity index (χ4v) is 4.15. The van der Waals surface area contributed by atoms with Crippen molar-refractivity contribution in [1.82, 2.24) is 15.0 Å². The van der Waals surface area contributed by atoms with Crippen molar-refractivity contribution in [3.05, 3.63) is 70.4 Å². The maximum atomic E-state index is 12.7. The first-order valence-electron chi connectivity index (χ1n) is 10.2. The Balaban J connectivity index is 1.79. The van der Waals surface area contributed by atoms with Crippen molar-refractivity contribution in [1.29, 1.82) is 0 Å². The molecular formula is C24H24N4O4S. The van der Waals surface area contributed by atoms with Crippen LogP contribution in [-0.2, 0) is 17.8 Å². The summed E-state index contributed by atoms with van der Waals surface area (Å²) in [6.07, 6.45) is 0. The SMILES string of the molecule is COC(=O)c1nc2nc(C)sc2nc1N(Cc1ccc(OC)cc1)Cc1ccc(OC)cc1. The van der Waals surface area contributed by atoms with Crippen molar-refractivity contribution in [2.45, 2.75) is 20.0 Å². The molecule has 170 valence electrons. The number of methoxy groups -OCH3 is 3. The van der Waals surface area contributed by atoms with E-state index in [0.717, 1.165) is 27.6 Å². The van der Waals surface area contributed by atoms with Gasteiger partial charge in [-0.2, -0.15) is 0 Å². The van der Waals surface area contributed by atoms with E-state index in [9.17, 15) is 4.79 Å². The topological polar surface area (TPSA) is 86.7 Å². The molecule has 8 nitrogen and oxygen atoms in total. The van der Waals surface area contributed by atoms with Gasteiger partial charge in [0.15, 0.2) is 22.0 Å². The molecule has 2 aromatic heterocycles. The second kappa shape index (κ2) is 9.83. The van der Waals surface area contributed by atoms with E-state index in [2.05, 4.69) is 9.97 Å². The van der Waals surface area contributed by atoms with E-state index in [4.69, 9.17) is 19.2 Å². The third kappa shape index (κ3) is 5.04. The zero-order valence-electron chi connectivity index (χ0n) is 18.9. The number of fused-ring (bicyclic) bond motifs is 1. The van der Waals surface area contributed by atoms with Crippen LogP contribution in [0.4, 0.5) is 5.82 Å². The quantitative estimate of drug-likeness (QED) is 0.355. The molecular weight excluding hydrogens is 440 g/mol. The summed E-state index contributed by atoms with van der Waals surface area (Å²) in [5.41, 5.74) is 2.64. The number of aromatic nitrogens is 3. The molecule has 2 aromatic carbocycles. The first-order valence-corrected chi connectivity index (χ1v) is 11.1. The number of anilines is 1. The third-order valence-electron chi connectivity index (χ3n) is 5.08. The summed E-state index contributed by atoms with van der Waals surface area (Å²) in [6, 6.07) is 15.6. The minimum atomic E-state index is -0.556. The van der Waals surface area contributed by atoms with Gasteiger partial charge in [0.25, 0.3) is 0 Å². The Morgan fingerprint density at radius 3 is 1.88 bits per heavy atom. The summed E-state index contributed by atoms with van der Waals surface area (Å²) in [4.78, 5) is 29.0. The van der Waals surface area contributed by atoms with E-state index in [1.807, 2.05) is 60.4 Å². The molecule has 0 atom stereocenters. The number of carbonyl (C=O) groups is 1. The third-order valence-corrected chi connectivity index (χ3v) is 5.93. The lowest BCUT2D eigenvalue weighted by Crippen LogP contribution is -2.26. The summed E-state index contributed by atoms with van der Waals surface area (Å²) in [5.74, 6) is 1.44. The highest BCUT2D eigenvalue weighted by Crippen LogP contribution is 2.28. The second-order valence-corrected chi connectivity index (χ2v) is 8.48. The summed E-state index contributed by atoms with van der Waals surface area (Å²) >= 11 is 1.44. The molecule has 0 aliphatic heterocycles. The van der Waals surface area contributed by atoms with Gasteiger partial charge in [-0.3, -0.25) is 0 Å². The standard InChI is InChI=1S/C24H24N4O4S/c1-15-25-21-23(33-15)27-22(20(26-21)24(29)32-4)28(13-16-5-9-18(30-2)10-6-16)14-17-7-11-19(31-3)12-8-17/h5-12H,13-14H2,1-4H3. The maximum Gasteiger partial charge on any atom is 0.360 e. The van der Waals surface area contributed by atoms with Gasteiger partial charge in [0, 0.05) is 13.1 Å². The van der Waals surface area contributed by atoms with Gasteiger partial charge >= 0.3 is 5.97 Å². The zero-order chi connectivity index (χ0) is 23.4. The predicted molar refractivity (Wildman–Crippen MR) is 127 cm³/mol. The van der Waals surface area contributed by atoms with Crippen LogP contribution in [0.25, 0.3) is 10.5 Å². The van der Waals surface area contributed by atoms with Gasteiger partial charge in [-0.25, -0.2) is 19.7 Å². The highest BCUT2D eigenvalue weighted by Gasteiger charge is 2.24. The Labute approximate surface area is 195 Å². The summed E-state index contributed by atoms with van der Waals surface area (Å²) in [7, 11) is 4.60. The average molecular weight is 465 g/mol. The van der Waals surface area contributed by atoms with Gasteiger partial charge in [0.05, 0.1) is 26.3 Å². The number of hydrogen-bond acceptors (Lipinski definition) is 9. The lowest BCUT2D eigenvalue weighted by atomic mass is 10.1. The van der Waals surface area contributed by atoms with Crippen molar-refractivity contribution in [3.63, 3.8) is 0 Å². The lowest BCUT2D eigenvalue weighted by Gasteiger charge is -2.25. The number of rotatable bonds is 8. The van der Waals surface area contributed by atoms with Crippen LogP contribution in [0, 0.1) is 6.92 Å². The number of ether oxygens (including phenoxy) is 3. The number of aryl methyl sites for hydroxylation is 1. The number of esters is 1. The molecule has 0 bridgehead atoms. The van der Waals surface area contributed by atoms with Crippen LogP contribution < -0.4 is 14.4 Å². The van der Waals surface area contributed by atoms with E-state index in [1.165, 1.54) is 18.4 Å². The van der Waals surface area contributed by atoms with Gasteiger partial charge in [0.2, 0.25) is 0 Å². The number of carbonyl (C=O) groups excluding carboxylic acids is 1. The monoisotopic (exact) mass is 464 g/mol. The Hall–Kier alpha value is -3.72. The normalized spacial score (nSPS) is 10.8. The largest absolute Gasteiger partial charge is 0.497 e. The van der Waals surface area contributed by atoms with E-state index in [0.29, 0.717) is 29.4 Å². The number of thiazole rings is 1. The van der Waals surface area contributed by atoms with Crippen molar-refractivity contribution in [3.8, 4) is 11.5 Å². The fourth-order valence-electron chi connectivity index (χ4n) is 3.42. The summed E-state index contributed by atoms with van der Waals surface area (Å²) < 4.78 is 15.6. The van der Waals surface area contributed by atoms with Crippen molar-refractivity contribution >= 4 is 33.6 Å². The van der Waals surface area contributed by atoms with Gasteiger partial charge in [0.1, 0.15) is 11.5 Å². The van der Waals surface area contributed by atoms with Gasteiger partial charge < -0.3 is 19.1 Å². The van der Waals surface area contributed by atoms with Crippen LogP contribution >= 0.6 is 11.3 Å².